The highest BCUT2D eigenvalue weighted by Gasteiger charge is 2.21. The minimum absolute atomic E-state index is 0. The molecule has 0 aromatic heterocycles. The number of hydrogen-bond acceptors (Lipinski definition) is 5. The maximum absolute atomic E-state index is 5.53. The zero-order valence-electron chi connectivity index (χ0n) is 15.3. The van der Waals surface area contributed by atoms with E-state index in [9.17, 15) is 0 Å². The van der Waals surface area contributed by atoms with Crippen LogP contribution in [0.4, 0.5) is 0 Å². The molecule has 5 nitrogen and oxygen atoms in total. The molecule has 2 rings (SSSR count). The van der Waals surface area contributed by atoms with Crippen LogP contribution in [0.1, 0.15) is 24.8 Å². The summed E-state index contributed by atoms with van der Waals surface area (Å²) in [4.78, 5) is 2.50. The first-order valence-corrected chi connectivity index (χ1v) is 8.37. The number of rotatable bonds is 8. The highest BCUT2D eigenvalue weighted by molar-refractivity contribution is 5.85. The number of nitrogens with one attached hydrogen (secondary N) is 1. The van der Waals surface area contributed by atoms with Gasteiger partial charge in [0, 0.05) is 18.2 Å². The van der Waals surface area contributed by atoms with Crippen molar-refractivity contribution in [1.29, 1.82) is 0 Å². The molecule has 0 amide bonds. The Morgan fingerprint density at radius 1 is 1.00 bits per heavy atom. The van der Waals surface area contributed by atoms with E-state index in [1.165, 1.54) is 19.3 Å². The van der Waals surface area contributed by atoms with E-state index >= 15 is 0 Å². The predicted octanol–water partition coefficient (Wildman–Crippen LogP) is 2.96. The van der Waals surface area contributed by atoms with Crippen molar-refractivity contribution in [3.05, 3.63) is 17.7 Å². The zero-order chi connectivity index (χ0) is 16.7. The Morgan fingerprint density at radius 2 is 1.58 bits per heavy atom. The molecule has 138 valence electrons. The number of ether oxygens (including phenoxy) is 3. The lowest BCUT2D eigenvalue weighted by atomic mass is 9.93. The third-order valence-corrected chi connectivity index (χ3v) is 4.69. The van der Waals surface area contributed by atoms with Crippen molar-refractivity contribution < 1.29 is 14.2 Å². The van der Waals surface area contributed by atoms with Crippen molar-refractivity contribution in [2.45, 2.75) is 25.8 Å². The first kappa shape index (κ1) is 20.9. The van der Waals surface area contributed by atoms with Gasteiger partial charge in [-0.05, 0) is 57.9 Å². The number of nitrogens with zero attached hydrogens (tertiary/aromatic N) is 1. The van der Waals surface area contributed by atoms with Crippen LogP contribution in [0.2, 0.25) is 0 Å². The number of likely N-dealkylation sites (tertiary alicyclic amines) is 1. The summed E-state index contributed by atoms with van der Waals surface area (Å²) in [6.07, 6.45) is 3.83. The molecule has 0 saturated carbocycles. The van der Waals surface area contributed by atoms with Gasteiger partial charge in [0.25, 0.3) is 0 Å². The molecule has 0 spiro atoms. The van der Waals surface area contributed by atoms with Crippen molar-refractivity contribution in [3.63, 3.8) is 0 Å². The van der Waals surface area contributed by atoms with Gasteiger partial charge in [-0.1, -0.05) is 0 Å². The molecule has 6 heteroatoms. The molecule has 0 aliphatic carbocycles. The Morgan fingerprint density at radius 3 is 2.12 bits per heavy atom. The van der Waals surface area contributed by atoms with Crippen molar-refractivity contribution in [2.24, 2.45) is 5.92 Å². The Kier molecular flexibility index (Phi) is 9.26. The first-order valence-electron chi connectivity index (χ1n) is 8.37. The van der Waals surface area contributed by atoms with E-state index in [1.807, 2.05) is 19.2 Å². The van der Waals surface area contributed by atoms with Gasteiger partial charge >= 0.3 is 0 Å². The van der Waals surface area contributed by atoms with Crippen LogP contribution in [-0.2, 0) is 6.54 Å². The van der Waals surface area contributed by atoms with Crippen molar-refractivity contribution >= 4 is 12.4 Å². The standard InChI is InChI=1S/C18H30N2O3.ClH/c1-19-8-5-14-6-9-20(10-7-14)13-15-11-17(22-3)18(23-4)12-16(15)21-2;/h11-12,14,19H,5-10,13H2,1-4H3;1H. The first-order chi connectivity index (χ1) is 11.2. The molecule has 1 aromatic rings. The second-order valence-corrected chi connectivity index (χ2v) is 6.13. The van der Waals surface area contributed by atoms with Crippen LogP contribution in [0, 0.1) is 5.92 Å². The van der Waals surface area contributed by atoms with Crippen molar-refractivity contribution in [1.82, 2.24) is 10.2 Å². The fraction of sp³-hybridized carbons (Fsp3) is 0.667. The average molecular weight is 359 g/mol. The smallest absolute Gasteiger partial charge is 0.164 e. The molecule has 1 aromatic carbocycles. The molecule has 1 aliphatic rings. The largest absolute Gasteiger partial charge is 0.496 e. The summed E-state index contributed by atoms with van der Waals surface area (Å²) in [5, 5.41) is 3.25. The zero-order valence-corrected chi connectivity index (χ0v) is 16.1. The third-order valence-electron chi connectivity index (χ3n) is 4.69. The van der Waals surface area contributed by atoms with E-state index in [-0.39, 0.29) is 12.4 Å². The summed E-state index contributed by atoms with van der Waals surface area (Å²) < 4.78 is 16.3. The van der Waals surface area contributed by atoms with Crippen LogP contribution >= 0.6 is 12.4 Å². The van der Waals surface area contributed by atoms with E-state index in [2.05, 4.69) is 10.2 Å². The highest BCUT2D eigenvalue weighted by atomic mass is 35.5. The second kappa shape index (κ2) is 10.6. The second-order valence-electron chi connectivity index (χ2n) is 6.13. The topological polar surface area (TPSA) is 43.0 Å². The molecular formula is C18H31ClN2O3. The van der Waals surface area contributed by atoms with E-state index in [0.717, 1.165) is 49.2 Å². The maximum Gasteiger partial charge on any atom is 0.164 e. The molecule has 1 saturated heterocycles. The fourth-order valence-corrected chi connectivity index (χ4v) is 3.24. The fourth-order valence-electron chi connectivity index (χ4n) is 3.24. The lowest BCUT2D eigenvalue weighted by molar-refractivity contribution is 0.170. The van der Waals surface area contributed by atoms with Gasteiger partial charge in [0.15, 0.2) is 11.5 Å². The third kappa shape index (κ3) is 5.43. The Balaban J connectivity index is 0.00000288. The van der Waals surface area contributed by atoms with Gasteiger partial charge < -0.3 is 19.5 Å². The number of benzene rings is 1. The van der Waals surface area contributed by atoms with Gasteiger partial charge in [-0.25, -0.2) is 0 Å². The lowest BCUT2D eigenvalue weighted by Gasteiger charge is -2.32. The molecule has 1 fully saturated rings. The summed E-state index contributed by atoms with van der Waals surface area (Å²) in [7, 11) is 7.04. The van der Waals surface area contributed by atoms with Crippen molar-refractivity contribution in [3.8, 4) is 17.2 Å². The van der Waals surface area contributed by atoms with Gasteiger partial charge in [0.2, 0.25) is 0 Å². The minimum atomic E-state index is 0. The van der Waals surface area contributed by atoms with Gasteiger partial charge in [0.1, 0.15) is 5.75 Å². The van der Waals surface area contributed by atoms with Crippen LogP contribution in [0.3, 0.4) is 0 Å². The molecule has 0 atom stereocenters. The molecular weight excluding hydrogens is 328 g/mol. The number of piperidine rings is 1. The Bertz CT molecular complexity index is 491. The molecule has 1 N–H and O–H groups in total. The normalized spacial score (nSPS) is 15.7. The van der Waals surface area contributed by atoms with Gasteiger partial charge in [0.05, 0.1) is 21.3 Å². The Hall–Kier alpha value is -1.17. The molecule has 0 bridgehead atoms. The van der Waals surface area contributed by atoms with E-state index in [4.69, 9.17) is 14.2 Å². The summed E-state index contributed by atoms with van der Waals surface area (Å²) >= 11 is 0. The van der Waals surface area contributed by atoms with E-state index in [0.29, 0.717) is 5.75 Å². The average Bonchev–Trinajstić information content (AvgIpc) is 2.60. The van der Waals surface area contributed by atoms with Crippen molar-refractivity contribution in [2.75, 3.05) is 48.0 Å². The molecule has 1 heterocycles. The predicted molar refractivity (Wildman–Crippen MR) is 99.9 cm³/mol. The monoisotopic (exact) mass is 358 g/mol. The number of methoxy groups -OCH3 is 3. The van der Waals surface area contributed by atoms with E-state index < -0.39 is 0 Å². The van der Waals surface area contributed by atoms with Crippen LogP contribution in [0.5, 0.6) is 17.2 Å². The summed E-state index contributed by atoms with van der Waals surface area (Å²) in [6.45, 7) is 4.30. The minimum Gasteiger partial charge on any atom is -0.496 e. The molecule has 24 heavy (non-hydrogen) atoms. The molecule has 1 aliphatic heterocycles. The number of halogens is 1. The van der Waals surface area contributed by atoms with Gasteiger partial charge in [-0.3, -0.25) is 4.90 Å². The SMILES string of the molecule is CNCCC1CCN(Cc2cc(OC)c(OC)cc2OC)CC1.Cl. The molecule has 0 radical (unpaired) electrons. The van der Waals surface area contributed by atoms with E-state index in [1.54, 1.807) is 21.3 Å². The summed E-state index contributed by atoms with van der Waals surface area (Å²) in [5.41, 5.74) is 1.15. The quantitative estimate of drug-likeness (QED) is 0.774. The van der Waals surface area contributed by atoms with Crippen LogP contribution in [0.15, 0.2) is 12.1 Å². The van der Waals surface area contributed by atoms with Crippen LogP contribution < -0.4 is 19.5 Å². The summed E-state index contributed by atoms with van der Waals surface area (Å²) in [6, 6.07) is 3.94. The Labute approximate surface area is 152 Å². The summed E-state index contributed by atoms with van der Waals surface area (Å²) in [5.74, 6) is 3.18. The van der Waals surface area contributed by atoms with Gasteiger partial charge in [-0.15, -0.1) is 12.4 Å². The van der Waals surface area contributed by atoms with Crippen LogP contribution in [-0.4, -0.2) is 52.9 Å². The maximum atomic E-state index is 5.53. The highest BCUT2D eigenvalue weighted by Crippen LogP contribution is 2.35. The van der Waals surface area contributed by atoms with Gasteiger partial charge in [-0.2, -0.15) is 0 Å². The van der Waals surface area contributed by atoms with Crippen LogP contribution in [0.25, 0.3) is 0 Å². The lowest BCUT2D eigenvalue weighted by Crippen LogP contribution is -2.34. The molecule has 0 unspecified atom stereocenters. The number of hydrogen-bond donors (Lipinski definition) is 1.